The molecule has 0 radical (unpaired) electrons. The van der Waals surface area contributed by atoms with Crippen molar-refractivity contribution in [2.24, 2.45) is 0 Å². The summed E-state index contributed by atoms with van der Waals surface area (Å²) < 4.78 is 29.4. The average Bonchev–Trinajstić information content (AvgIpc) is 2.56. The zero-order chi connectivity index (χ0) is 17.7. The molecule has 0 aliphatic carbocycles. The molecule has 0 aliphatic rings. The number of amides is 1. The van der Waals surface area contributed by atoms with Crippen LogP contribution in [-0.4, -0.2) is 26.2 Å². The van der Waals surface area contributed by atoms with Crippen LogP contribution in [0.4, 0.5) is 10.1 Å². The molecule has 2 rings (SSSR count). The first kappa shape index (κ1) is 18.1. The number of ether oxygens (including phenoxy) is 3. The van der Waals surface area contributed by atoms with Crippen molar-refractivity contribution in [2.45, 2.75) is 13.0 Å². The Hall–Kier alpha value is -2.28. The Bertz CT molecular complexity index is 716. The summed E-state index contributed by atoms with van der Waals surface area (Å²) in [6.45, 7) is 1.60. The van der Waals surface area contributed by atoms with Gasteiger partial charge in [-0.05, 0) is 41.1 Å². The van der Waals surface area contributed by atoms with E-state index in [2.05, 4.69) is 21.2 Å². The van der Waals surface area contributed by atoms with Gasteiger partial charge in [0.2, 0.25) is 0 Å². The van der Waals surface area contributed by atoms with E-state index in [1.54, 1.807) is 25.1 Å². The Morgan fingerprint density at radius 3 is 2.29 bits per heavy atom. The molecule has 0 spiro atoms. The van der Waals surface area contributed by atoms with E-state index >= 15 is 0 Å². The highest BCUT2D eigenvalue weighted by Crippen LogP contribution is 2.28. The van der Waals surface area contributed by atoms with E-state index in [1.165, 1.54) is 32.4 Å². The molecule has 2 aromatic rings. The zero-order valence-electron chi connectivity index (χ0n) is 13.4. The number of carbonyl (C=O) groups is 1. The summed E-state index contributed by atoms with van der Waals surface area (Å²) in [6, 6.07) is 9.02. The Balaban J connectivity index is 2.08. The Morgan fingerprint density at radius 1 is 1.12 bits per heavy atom. The molecule has 128 valence electrons. The lowest BCUT2D eigenvalue weighted by atomic mass is 10.2. The number of benzene rings is 2. The first-order valence-electron chi connectivity index (χ1n) is 7.08. The molecule has 0 heterocycles. The minimum absolute atomic E-state index is 0.360. The normalized spacial score (nSPS) is 11.5. The fourth-order valence-corrected chi connectivity index (χ4v) is 2.38. The highest BCUT2D eigenvalue weighted by Gasteiger charge is 2.17. The maximum Gasteiger partial charge on any atom is 0.265 e. The number of nitrogens with one attached hydrogen (secondary N) is 1. The maximum absolute atomic E-state index is 13.1. The molecule has 7 heteroatoms. The lowest BCUT2D eigenvalue weighted by Gasteiger charge is -2.16. The van der Waals surface area contributed by atoms with Gasteiger partial charge in [0.05, 0.1) is 18.7 Å². The molecule has 2 aromatic carbocycles. The van der Waals surface area contributed by atoms with Gasteiger partial charge >= 0.3 is 0 Å². The quantitative estimate of drug-likeness (QED) is 0.799. The van der Waals surface area contributed by atoms with E-state index < -0.39 is 11.9 Å². The third-order valence-electron chi connectivity index (χ3n) is 3.19. The van der Waals surface area contributed by atoms with Crippen molar-refractivity contribution < 1.29 is 23.4 Å². The van der Waals surface area contributed by atoms with Crippen LogP contribution in [0.25, 0.3) is 0 Å². The number of carbonyl (C=O) groups excluding carboxylic acids is 1. The van der Waals surface area contributed by atoms with E-state index in [0.29, 0.717) is 27.4 Å². The number of hydrogen-bond acceptors (Lipinski definition) is 4. The molecule has 5 nitrogen and oxygen atoms in total. The third kappa shape index (κ3) is 4.61. The summed E-state index contributed by atoms with van der Waals surface area (Å²) in [5.74, 6) is 0.734. The van der Waals surface area contributed by atoms with Gasteiger partial charge in [0.25, 0.3) is 5.91 Å². The molecule has 24 heavy (non-hydrogen) atoms. The van der Waals surface area contributed by atoms with E-state index in [1.807, 2.05) is 0 Å². The Morgan fingerprint density at radius 2 is 1.75 bits per heavy atom. The Kier molecular flexibility index (Phi) is 6.03. The van der Waals surface area contributed by atoms with Gasteiger partial charge in [-0.3, -0.25) is 4.79 Å². The SMILES string of the molecule is COc1cc(NC(=O)C(C)Oc2ccc(F)cc2Br)cc(OC)c1. The van der Waals surface area contributed by atoms with Crippen molar-refractivity contribution in [3.05, 3.63) is 46.7 Å². The molecule has 1 N–H and O–H groups in total. The monoisotopic (exact) mass is 397 g/mol. The summed E-state index contributed by atoms with van der Waals surface area (Å²) in [7, 11) is 3.05. The minimum Gasteiger partial charge on any atom is -0.497 e. The predicted molar refractivity (Wildman–Crippen MR) is 92.4 cm³/mol. The number of rotatable bonds is 6. The molecule has 0 bridgehead atoms. The molecule has 0 saturated heterocycles. The standard InChI is InChI=1S/C17H17BrFNO4/c1-10(24-16-5-4-11(19)6-15(16)18)17(21)20-12-7-13(22-2)9-14(8-12)23-3/h4-10H,1-3H3,(H,20,21). The number of halogens is 2. The second-order valence-corrected chi connectivity index (χ2v) is 5.78. The zero-order valence-corrected chi connectivity index (χ0v) is 15.0. The average molecular weight is 398 g/mol. The number of hydrogen-bond donors (Lipinski definition) is 1. The molecular formula is C17H17BrFNO4. The molecule has 0 fully saturated rings. The summed E-state index contributed by atoms with van der Waals surface area (Å²) in [4.78, 5) is 12.3. The number of anilines is 1. The van der Waals surface area contributed by atoms with E-state index in [0.717, 1.165) is 0 Å². The lowest BCUT2D eigenvalue weighted by molar-refractivity contribution is -0.122. The lowest BCUT2D eigenvalue weighted by Crippen LogP contribution is -2.30. The summed E-state index contributed by atoms with van der Waals surface area (Å²) in [6.07, 6.45) is -0.788. The summed E-state index contributed by atoms with van der Waals surface area (Å²) >= 11 is 3.20. The van der Waals surface area contributed by atoms with Crippen molar-refractivity contribution in [3.8, 4) is 17.2 Å². The first-order chi connectivity index (χ1) is 11.4. The van der Waals surface area contributed by atoms with Crippen LogP contribution in [0.3, 0.4) is 0 Å². The van der Waals surface area contributed by atoms with Crippen molar-refractivity contribution in [3.63, 3.8) is 0 Å². The maximum atomic E-state index is 13.1. The van der Waals surface area contributed by atoms with Crippen LogP contribution in [0.15, 0.2) is 40.9 Å². The van der Waals surface area contributed by atoms with Gasteiger partial charge in [-0.1, -0.05) is 0 Å². The van der Waals surface area contributed by atoms with Crippen LogP contribution in [0.1, 0.15) is 6.92 Å². The van der Waals surface area contributed by atoms with Gasteiger partial charge < -0.3 is 19.5 Å². The molecule has 1 amide bonds. The second-order valence-electron chi connectivity index (χ2n) is 4.93. The van der Waals surface area contributed by atoms with Crippen LogP contribution in [0.5, 0.6) is 17.2 Å². The van der Waals surface area contributed by atoms with Gasteiger partial charge in [0, 0.05) is 23.9 Å². The fourth-order valence-electron chi connectivity index (χ4n) is 1.94. The first-order valence-corrected chi connectivity index (χ1v) is 7.88. The fraction of sp³-hybridized carbons (Fsp3) is 0.235. The highest BCUT2D eigenvalue weighted by atomic mass is 79.9. The van der Waals surface area contributed by atoms with Gasteiger partial charge in [0.15, 0.2) is 6.10 Å². The summed E-state index contributed by atoms with van der Waals surface area (Å²) in [5.41, 5.74) is 0.518. The molecule has 0 saturated carbocycles. The second kappa shape index (κ2) is 8.01. The minimum atomic E-state index is -0.788. The van der Waals surface area contributed by atoms with E-state index in [4.69, 9.17) is 14.2 Å². The summed E-state index contributed by atoms with van der Waals surface area (Å²) in [5, 5.41) is 2.73. The van der Waals surface area contributed by atoms with Gasteiger partial charge in [-0.15, -0.1) is 0 Å². The number of methoxy groups -OCH3 is 2. The van der Waals surface area contributed by atoms with Gasteiger partial charge in [0.1, 0.15) is 23.1 Å². The predicted octanol–water partition coefficient (Wildman–Crippen LogP) is 4.01. The van der Waals surface area contributed by atoms with Crippen molar-refractivity contribution in [1.82, 2.24) is 0 Å². The largest absolute Gasteiger partial charge is 0.497 e. The van der Waals surface area contributed by atoms with Crippen LogP contribution >= 0.6 is 15.9 Å². The molecule has 1 atom stereocenters. The molecule has 1 unspecified atom stereocenters. The topological polar surface area (TPSA) is 56.8 Å². The third-order valence-corrected chi connectivity index (χ3v) is 3.81. The van der Waals surface area contributed by atoms with Crippen LogP contribution in [-0.2, 0) is 4.79 Å². The molecular weight excluding hydrogens is 381 g/mol. The van der Waals surface area contributed by atoms with Crippen LogP contribution < -0.4 is 19.5 Å². The van der Waals surface area contributed by atoms with E-state index in [-0.39, 0.29) is 5.91 Å². The highest BCUT2D eigenvalue weighted by molar-refractivity contribution is 9.10. The van der Waals surface area contributed by atoms with Crippen molar-refractivity contribution in [1.29, 1.82) is 0 Å². The van der Waals surface area contributed by atoms with Crippen LogP contribution in [0, 0.1) is 5.82 Å². The Labute approximate surface area is 147 Å². The smallest absolute Gasteiger partial charge is 0.265 e. The molecule has 0 aromatic heterocycles. The van der Waals surface area contributed by atoms with Crippen LogP contribution in [0.2, 0.25) is 0 Å². The van der Waals surface area contributed by atoms with Crippen molar-refractivity contribution >= 4 is 27.5 Å². The molecule has 0 aliphatic heterocycles. The van der Waals surface area contributed by atoms with Gasteiger partial charge in [-0.2, -0.15) is 0 Å². The van der Waals surface area contributed by atoms with Crippen molar-refractivity contribution in [2.75, 3.05) is 19.5 Å². The van der Waals surface area contributed by atoms with Gasteiger partial charge in [-0.25, -0.2) is 4.39 Å². The van der Waals surface area contributed by atoms with E-state index in [9.17, 15) is 9.18 Å².